The summed E-state index contributed by atoms with van der Waals surface area (Å²) in [5, 5.41) is 2.89. The normalized spacial score (nSPS) is 16.6. The monoisotopic (exact) mass is 445 g/mol. The third-order valence-corrected chi connectivity index (χ3v) is 7.53. The average molecular weight is 446 g/mol. The summed E-state index contributed by atoms with van der Waals surface area (Å²) in [4.78, 5) is 15.1. The second-order valence-corrected chi connectivity index (χ2v) is 10.0. The summed E-state index contributed by atoms with van der Waals surface area (Å²) in [6.07, 6.45) is 0. The molecule has 168 valence electrons. The van der Waals surface area contributed by atoms with Crippen LogP contribution in [0.15, 0.2) is 47.4 Å². The van der Waals surface area contributed by atoms with E-state index in [1.54, 1.807) is 19.1 Å². The molecule has 1 aliphatic heterocycles. The Bertz CT molecular complexity index is 1030. The Hall–Kier alpha value is -2.42. The summed E-state index contributed by atoms with van der Waals surface area (Å²) in [5.74, 6) is 0.454. The highest BCUT2D eigenvalue weighted by Crippen LogP contribution is 2.23. The molecule has 2 aromatic carbocycles. The van der Waals surface area contributed by atoms with E-state index in [2.05, 4.69) is 10.2 Å². The maximum atomic E-state index is 13.2. The lowest BCUT2D eigenvalue weighted by molar-refractivity contribution is 0.0926. The van der Waals surface area contributed by atoms with E-state index < -0.39 is 10.0 Å². The Kier molecular flexibility index (Phi) is 7.35. The number of hydrogen-bond acceptors (Lipinski definition) is 5. The maximum Gasteiger partial charge on any atom is 0.251 e. The van der Waals surface area contributed by atoms with E-state index >= 15 is 0 Å². The molecular formula is C23H31N3O4S. The highest BCUT2D eigenvalue weighted by molar-refractivity contribution is 7.89. The van der Waals surface area contributed by atoms with E-state index in [1.807, 2.05) is 45.2 Å². The van der Waals surface area contributed by atoms with Crippen LogP contribution in [-0.4, -0.2) is 69.4 Å². The molecule has 1 N–H and O–H groups in total. The Morgan fingerprint density at radius 2 is 1.74 bits per heavy atom. The van der Waals surface area contributed by atoms with E-state index in [-0.39, 0.29) is 16.8 Å². The molecule has 0 radical (unpaired) electrons. The van der Waals surface area contributed by atoms with Gasteiger partial charge < -0.3 is 15.0 Å². The molecule has 8 heteroatoms. The number of hydrogen-bond donors (Lipinski definition) is 1. The third kappa shape index (κ3) is 5.64. The molecule has 1 heterocycles. The molecule has 0 aliphatic carbocycles. The molecule has 31 heavy (non-hydrogen) atoms. The summed E-state index contributed by atoms with van der Waals surface area (Å²) < 4.78 is 33.6. The number of para-hydroxylation sites is 1. The fraction of sp³-hybridized carbons (Fsp3) is 0.435. The smallest absolute Gasteiger partial charge is 0.251 e. The number of amides is 1. The molecule has 1 aliphatic rings. The molecular weight excluding hydrogens is 414 g/mol. The molecule has 0 saturated carbocycles. The van der Waals surface area contributed by atoms with Gasteiger partial charge in [0.2, 0.25) is 10.0 Å². The fourth-order valence-electron chi connectivity index (χ4n) is 3.47. The molecule has 0 bridgehead atoms. The van der Waals surface area contributed by atoms with Crippen molar-refractivity contribution in [1.29, 1.82) is 0 Å². The number of rotatable bonds is 7. The molecule has 0 aromatic heterocycles. The number of benzene rings is 2. The predicted octanol–water partition coefficient (Wildman–Crippen LogP) is 2.44. The zero-order valence-corrected chi connectivity index (χ0v) is 19.4. The van der Waals surface area contributed by atoms with Crippen molar-refractivity contribution in [1.82, 2.24) is 14.5 Å². The van der Waals surface area contributed by atoms with Gasteiger partial charge in [-0.25, -0.2) is 8.42 Å². The maximum absolute atomic E-state index is 13.2. The van der Waals surface area contributed by atoms with Gasteiger partial charge in [0, 0.05) is 31.7 Å². The van der Waals surface area contributed by atoms with Crippen molar-refractivity contribution in [2.45, 2.75) is 31.7 Å². The molecule has 1 fully saturated rings. The molecule has 2 aromatic rings. The Morgan fingerprint density at radius 3 is 2.42 bits per heavy atom. The SMILES string of the molecule is Cc1ccccc1OC[C@@H](C)NC(=O)c1ccc(C)c(S(=O)(=O)N2CCN(C)CC2)c1. The number of piperazine rings is 1. The standard InChI is InChI=1S/C23H31N3O4S/c1-17-7-5-6-8-21(17)30-16-19(3)24-23(27)20-10-9-18(2)22(15-20)31(28,29)26-13-11-25(4)12-14-26/h5-10,15,19H,11-14,16H2,1-4H3,(H,24,27)/t19-/m1/s1. The lowest BCUT2D eigenvalue weighted by Gasteiger charge is -2.32. The van der Waals surface area contributed by atoms with Crippen LogP contribution in [0.1, 0.15) is 28.4 Å². The highest BCUT2D eigenvalue weighted by atomic mass is 32.2. The molecule has 1 amide bonds. The van der Waals surface area contributed by atoms with Crippen molar-refractivity contribution in [2.75, 3.05) is 39.8 Å². The molecule has 0 unspecified atom stereocenters. The van der Waals surface area contributed by atoms with Crippen LogP contribution in [0, 0.1) is 13.8 Å². The quantitative estimate of drug-likeness (QED) is 0.708. The number of aryl methyl sites for hydroxylation is 2. The third-order valence-electron chi connectivity index (χ3n) is 5.49. The molecule has 3 rings (SSSR count). The van der Waals surface area contributed by atoms with Crippen molar-refractivity contribution < 1.29 is 17.9 Å². The van der Waals surface area contributed by atoms with Crippen molar-refractivity contribution in [3.8, 4) is 5.75 Å². The Morgan fingerprint density at radius 1 is 1.06 bits per heavy atom. The van der Waals surface area contributed by atoms with Crippen molar-refractivity contribution >= 4 is 15.9 Å². The summed E-state index contributed by atoms with van der Waals surface area (Å²) in [5.41, 5.74) is 1.98. The van der Waals surface area contributed by atoms with E-state index in [0.29, 0.717) is 43.9 Å². The minimum atomic E-state index is -3.65. The Balaban J connectivity index is 1.68. The van der Waals surface area contributed by atoms with Crippen molar-refractivity contribution in [3.05, 3.63) is 59.2 Å². The lowest BCUT2D eigenvalue weighted by Crippen LogP contribution is -2.47. The van der Waals surface area contributed by atoms with Gasteiger partial charge in [-0.05, 0) is 57.1 Å². The van der Waals surface area contributed by atoms with E-state index in [4.69, 9.17) is 4.74 Å². The molecule has 0 spiro atoms. The summed E-state index contributed by atoms with van der Waals surface area (Å²) in [7, 11) is -1.67. The van der Waals surface area contributed by atoms with Crippen LogP contribution in [0.5, 0.6) is 5.75 Å². The van der Waals surface area contributed by atoms with Gasteiger partial charge in [-0.1, -0.05) is 24.3 Å². The van der Waals surface area contributed by atoms with Gasteiger partial charge in [0.15, 0.2) is 0 Å². The fourth-order valence-corrected chi connectivity index (χ4v) is 5.14. The van der Waals surface area contributed by atoms with E-state index in [9.17, 15) is 13.2 Å². The zero-order valence-electron chi connectivity index (χ0n) is 18.6. The average Bonchev–Trinajstić information content (AvgIpc) is 2.73. The lowest BCUT2D eigenvalue weighted by atomic mass is 10.1. The van der Waals surface area contributed by atoms with Crippen LogP contribution in [-0.2, 0) is 10.0 Å². The van der Waals surface area contributed by atoms with Gasteiger partial charge in [0.25, 0.3) is 5.91 Å². The summed E-state index contributed by atoms with van der Waals surface area (Å²) in [6.45, 7) is 8.16. The van der Waals surface area contributed by atoms with Crippen LogP contribution in [0.4, 0.5) is 0 Å². The first-order valence-corrected chi connectivity index (χ1v) is 11.9. The van der Waals surface area contributed by atoms with Crippen LogP contribution >= 0.6 is 0 Å². The minimum absolute atomic E-state index is 0.188. The second kappa shape index (κ2) is 9.80. The number of sulfonamides is 1. The minimum Gasteiger partial charge on any atom is -0.491 e. The van der Waals surface area contributed by atoms with Crippen LogP contribution in [0.3, 0.4) is 0 Å². The van der Waals surface area contributed by atoms with Gasteiger partial charge in [0.05, 0.1) is 10.9 Å². The summed E-state index contributed by atoms with van der Waals surface area (Å²) in [6, 6.07) is 12.3. The first-order valence-electron chi connectivity index (χ1n) is 10.5. The number of carbonyl (C=O) groups excluding carboxylic acids is 1. The molecule has 1 atom stereocenters. The number of nitrogens with one attached hydrogen (secondary N) is 1. The largest absolute Gasteiger partial charge is 0.491 e. The van der Waals surface area contributed by atoms with Crippen LogP contribution in [0.2, 0.25) is 0 Å². The van der Waals surface area contributed by atoms with Gasteiger partial charge >= 0.3 is 0 Å². The van der Waals surface area contributed by atoms with Gasteiger partial charge in [-0.2, -0.15) is 4.31 Å². The summed E-state index contributed by atoms with van der Waals surface area (Å²) >= 11 is 0. The van der Waals surface area contributed by atoms with E-state index in [0.717, 1.165) is 11.3 Å². The van der Waals surface area contributed by atoms with Crippen molar-refractivity contribution in [3.63, 3.8) is 0 Å². The Labute approximate surface area is 185 Å². The first kappa shape index (κ1) is 23.2. The number of nitrogens with zero attached hydrogens (tertiary/aromatic N) is 2. The predicted molar refractivity (Wildman–Crippen MR) is 121 cm³/mol. The van der Waals surface area contributed by atoms with Gasteiger partial charge in [-0.15, -0.1) is 0 Å². The van der Waals surface area contributed by atoms with Gasteiger partial charge in [-0.3, -0.25) is 4.79 Å². The second-order valence-electron chi connectivity index (χ2n) is 8.14. The van der Waals surface area contributed by atoms with E-state index in [1.165, 1.54) is 10.4 Å². The topological polar surface area (TPSA) is 78.9 Å². The number of likely N-dealkylation sites (N-methyl/N-ethyl adjacent to an activating group) is 1. The van der Waals surface area contributed by atoms with Crippen molar-refractivity contribution in [2.24, 2.45) is 0 Å². The zero-order chi connectivity index (χ0) is 22.6. The molecule has 7 nitrogen and oxygen atoms in total. The first-order chi connectivity index (χ1) is 14.7. The van der Waals surface area contributed by atoms with Gasteiger partial charge in [0.1, 0.15) is 12.4 Å². The van der Waals surface area contributed by atoms with Crippen LogP contribution < -0.4 is 10.1 Å². The van der Waals surface area contributed by atoms with Crippen LogP contribution in [0.25, 0.3) is 0 Å². The molecule has 1 saturated heterocycles. The number of carbonyl (C=O) groups is 1. The highest BCUT2D eigenvalue weighted by Gasteiger charge is 2.29. The number of ether oxygens (including phenoxy) is 1.